The van der Waals surface area contributed by atoms with Crippen molar-refractivity contribution in [3.05, 3.63) is 39.6 Å². The molecule has 0 N–H and O–H groups in total. The van der Waals surface area contributed by atoms with E-state index in [-0.39, 0.29) is 5.91 Å². The fraction of sp³-hybridized carbons (Fsp3) is 0.474. The van der Waals surface area contributed by atoms with Gasteiger partial charge in [0.05, 0.1) is 10.0 Å². The number of rotatable bonds is 6. The van der Waals surface area contributed by atoms with E-state index in [0.29, 0.717) is 57.6 Å². The van der Waals surface area contributed by atoms with Gasteiger partial charge in [-0.25, -0.2) is 0 Å². The van der Waals surface area contributed by atoms with Gasteiger partial charge in [0.25, 0.3) is 5.91 Å². The highest BCUT2D eigenvalue weighted by Crippen LogP contribution is 2.37. The molecule has 0 atom stereocenters. The molecule has 0 unspecified atom stereocenters. The summed E-state index contributed by atoms with van der Waals surface area (Å²) in [5, 5.41) is 4.96. The van der Waals surface area contributed by atoms with Gasteiger partial charge in [0.15, 0.2) is 0 Å². The largest absolute Gasteiger partial charge is 0.360 e. The van der Waals surface area contributed by atoms with Crippen molar-refractivity contribution in [2.75, 3.05) is 13.1 Å². The first-order chi connectivity index (χ1) is 11.7. The summed E-state index contributed by atoms with van der Waals surface area (Å²) in [5.74, 6) is 1.08. The second-order valence-electron chi connectivity index (χ2n) is 7.06. The second-order valence-corrected chi connectivity index (χ2v) is 7.87. The Kier molecular flexibility index (Phi) is 6.53. The second kappa shape index (κ2) is 8.24. The minimum atomic E-state index is -0.105. The molecule has 2 rings (SSSR count). The van der Waals surface area contributed by atoms with E-state index in [4.69, 9.17) is 27.7 Å². The highest BCUT2D eigenvalue weighted by molar-refractivity contribution is 6.39. The Labute approximate surface area is 159 Å². The maximum absolute atomic E-state index is 13.3. The molecule has 0 spiro atoms. The Hall–Kier alpha value is -1.52. The van der Waals surface area contributed by atoms with E-state index in [0.717, 1.165) is 0 Å². The van der Waals surface area contributed by atoms with Crippen molar-refractivity contribution in [1.29, 1.82) is 0 Å². The van der Waals surface area contributed by atoms with Crippen LogP contribution in [0.15, 0.2) is 22.7 Å². The Balaban J connectivity index is 2.52. The van der Waals surface area contributed by atoms with Gasteiger partial charge in [-0.05, 0) is 30.9 Å². The van der Waals surface area contributed by atoms with Gasteiger partial charge in [-0.15, -0.1) is 0 Å². The third-order valence-electron chi connectivity index (χ3n) is 3.73. The predicted octanol–water partition coefficient (Wildman–Crippen LogP) is 5.71. The van der Waals surface area contributed by atoms with Gasteiger partial charge >= 0.3 is 0 Å². The first-order valence-corrected chi connectivity index (χ1v) is 9.17. The van der Waals surface area contributed by atoms with Crippen molar-refractivity contribution in [2.45, 2.75) is 34.6 Å². The molecule has 0 saturated carbocycles. The normalized spacial score (nSPS) is 11.4. The molecule has 0 aliphatic heterocycles. The lowest BCUT2D eigenvalue weighted by molar-refractivity contribution is 0.0714. The number of carbonyl (C=O) groups is 1. The SMILES string of the molecule is Cc1onc(-c2c(Cl)cccc2Cl)c1C(=O)N(CC(C)C)CC(C)C. The minimum Gasteiger partial charge on any atom is -0.360 e. The molecule has 0 bridgehead atoms. The summed E-state index contributed by atoms with van der Waals surface area (Å²) < 4.78 is 5.33. The first kappa shape index (κ1) is 19.8. The van der Waals surface area contributed by atoms with Crippen molar-refractivity contribution >= 4 is 29.1 Å². The van der Waals surface area contributed by atoms with E-state index in [1.54, 1.807) is 25.1 Å². The average Bonchev–Trinajstić information content (AvgIpc) is 2.86. The van der Waals surface area contributed by atoms with E-state index in [2.05, 4.69) is 32.9 Å². The number of benzene rings is 1. The zero-order valence-electron chi connectivity index (χ0n) is 15.3. The van der Waals surface area contributed by atoms with Crippen molar-refractivity contribution in [3.8, 4) is 11.3 Å². The van der Waals surface area contributed by atoms with E-state index in [1.165, 1.54) is 0 Å². The summed E-state index contributed by atoms with van der Waals surface area (Å²) in [7, 11) is 0. The lowest BCUT2D eigenvalue weighted by atomic mass is 10.0. The molecule has 25 heavy (non-hydrogen) atoms. The molecule has 1 aromatic heterocycles. The molecule has 0 fully saturated rings. The molecular weight excluding hydrogens is 359 g/mol. The molecule has 0 aliphatic carbocycles. The van der Waals surface area contributed by atoms with Gasteiger partial charge in [-0.1, -0.05) is 62.1 Å². The predicted molar refractivity (Wildman–Crippen MR) is 102 cm³/mol. The lowest BCUT2D eigenvalue weighted by Gasteiger charge is -2.26. The van der Waals surface area contributed by atoms with Gasteiger partial charge in [-0.3, -0.25) is 4.79 Å². The number of halogens is 2. The van der Waals surface area contributed by atoms with Crippen LogP contribution in [0.25, 0.3) is 11.3 Å². The Morgan fingerprint density at radius 2 is 1.64 bits per heavy atom. The number of hydrogen-bond acceptors (Lipinski definition) is 3. The van der Waals surface area contributed by atoms with Crippen LogP contribution in [0, 0.1) is 18.8 Å². The molecule has 1 amide bonds. The molecule has 0 aliphatic rings. The standard InChI is InChI=1S/C19H24Cl2N2O2/c1-11(2)9-23(10-12(3)4)19(24)16-13(5)25-22-18(16)17-14(20)7-6-8-15(17)21/h6-8,11-12H,9-10H2,1-5H3. The number of aryl methyl sites for hydroxylation is 1. The number of hydrogen-bond donors (Lipinski definition) is 0. The van der Waals surface area contributed by atoms with E-state index >= 15 is 0 Å². The fourth-order valence-corrected chi connectivity index (χ4v) is 3.38. The van der Waals surface area contributed by atoms with E-state index in [9.17, 15) is 4.79 Å². The Bertz CT molecular complexity index is 724. The summed E-state index contributed by atoms with van der Waals surface area (Å²) in [6, 6.07) is 5.20. The van der Waals surface area contributed by atoms with Crippen LogP contribution in [0.1, 0.15) is 43.8 Å². The number of amides is 1. The van der Waals surface area contributed by atoms with Crippen LogP contribution < -0.4 is 0 Å². The van der Waals surface area contributed by atoms with Gasteiger partial charge < -0.3 is 9.42 Å². The van der Waals surface area contributed by atoms with Crippen molar-refractivity contribution in [2.24, 2.45) is 11.8 Å². The fourth-order valence-electron chi connectivity index (χ4n) is 2.80. The molecule has 2 aromatic rings. The number of nitrogens with zero attached hydrogens (tertiary/aromatic N) is 2. The first-order valence-electron chi connectivity index (χ1n) is 8.42. The van der Waals surface area contributed by atoms with Gasteiger partial charge in [0.2, 0.25) is 0 Å². The highest BCUT2D eigenvalue weighted by atomic mass is 35.5. The summed E-state index contributed by atoms with van der Waals surface area (Å²) >= 11 is 12.6. The zero-order chi connectivity index (χ0) is 18.7. The van der Waals surface area contributed by atoms with Crippen molar-refractivity contribution in [1.82, 2.24) is 10.1 Å². The van der Waals surface area contributed by atoms with Crippen LogP contribution in [-0.2, 0) is 0 Å². The minimum absolute atomic E-state index is 0.105. The molecule has 0 saturated heterocycles. The number of carbonyl (C=O) groups excluding carboxylic acids is 1. The average molecular weight is 383 g/mol. The molecule has 1 heterocycles. The number of aromatic nitrogens is 1. The van der Waals surface area contributed by atoms with Crippen LogP contribution in [0.4, 0.5) is 0 Å². The molecule has 1 aromatic carbocycles. The molecule has 4 nitrogen and oxygen atoms in total. The van der Waals surface area contributed by atoms with Crippen LogP contribution >= 0.6 is 23.2 Å². The van der Waals surface area contributed by atoms with Crippen LogP contribution in [-0.4, -0.2) is 29.1 Å². The molecule has 0 radical (unpaired) electrons. The van der Waals surface area contributed by atoms with Crippen molar-refractivity contribution in [3.63, 3.8) is 0 Å². The van der Waals surface area contributed by atoms with Crippen LogP contribution in [0.3, 0.4) is 0 Å². The Morgan fingerprint density at radius 1 is 1.12 bits per heavy atom. The molecular formula is C19H24Cl2N2O2. The zero-order valence-corrected chi connectivity index (χ0v) is 16.8. The van der Waals surface area contributed by atoms with Gasteiger partial charge in [0, 0.05) is 18.7 Å². The van der Waals surface area contributed by atoms with E-state index in [1.807, 2.05) is 4.90 Å². The van der Waals surface area contributed by atoms with Gasteiger partial charge in [-0.2, -0.15) is 0 Å². The monoisotopic (exact) mass is 382 g/mol. The quantitative estimate of drug-likeness (QED) is 0.642. The lowest BCUT2D eigenvalue weighted by Crippen LogP contribution is -2.37. The highest BCUT2D eigenvalue weighted by Gasteiger charge is 2.28. The van der Waals surface area contributed by atoms with Crippen LogP contribution in [0.5, 0.6) is 0 Å². The Morgan fingerprint density at radius 3 is 2.12 bits per heavy atom. The molecule has 136 valence electrons. The van der Waals surface area contributed by atoms with Gasteiger partial charge in [0.1, 0.15) is 17.0 Å². The third kappa shape index (κ3) is 4.56. The summed E-state index contributed by atoms with van der Waals surface area (Å²) in [5.41, 5.74) is 1.35. The summed E-state index contributed by atoms with van der Waals surface area (Å²) in [4.78, 5) is 15.1. The van der Waals surface area contributed by atoms with E-state index < -0.39 is 0 Å². The maximum atomic E-state index is 13.3. The third-order valence-corrected chi connectivity index (χ3v) is 4.36. The molecule has 6 heteroatoms. The van der Waals surface area contributed by atoms with Crippen molar-refractivity contribution < 1.29 is 9.32 Å². The van der Waals surface area contributed by atoms with Crippen LogP contribution in [0.2, 0.25) is 10.0 Å². The maximum Gasteiger partial charge on any atom is 0.259 e. The smallest absolute Gasteiger partial charge is 0.259 e. The summed E-state index contributed by atoms with van der Waals surface area (Å²) in [6.45, 7) is 11.4. The topological polar surface area (TPSA) is 46.3 Å². The summed E-state index contributed by atoms with van der Waals surface area (Å²) in [6.07, 6.45) is 0.